The average Bonchev–Trinajstić information content (AvgIpc) is 2.47. The fourth-order valence-corrected chi connectivity index (χ4v) is 3.59. The van der Waals surface area contributed by atoms with Crippen LogP contribution in [-0.4, -0.2) is 23.3 Å². The Hall–Kier alpha value is -1.75. The Labute approximate surface area is 120 Å². The van der Waals surface area contributed by atoms with Gasteiger partial charge in [0, 0.05) is 16.7 Å². The number of nitrogens with one attached hydrogen (secondary N) is 1. The summed E-state index contributed by atoms with van der Waals surface area (Å²) < 4.78 is 5.05. The number of carbonyl (C=O) groups excluding carboxylic acids is 1. The topological polar surface area (TPSA) is 59.2 Å². The van der Waals surface area contributed by atoms with Gasteiger partial charge in [0.2, 0.25) is 0 Å². The lowest BCUT2D eigenvalue weighted by atomic mass is 9.99. The molecule has 2 aromatic rings. The number of pyridine rings is 1. The molecule has 3 rings (SSSR count). The van der Waals surface area contributed by atoms with Crippen LogP contribution in [0.2, 0.25) is 0 Å². The predicted molar refractivity (Wildman–Crippen MR) is 80.4 cm³/mol. The van der Waals surface area contributed by atoms with Crippen molar-refractivity contribution in [3.05, 3.63) is 45.2 Å². The number of esters is 1. The lowest BCUT2D eigenvalue weighted by Crippen LogP contribution is -2.20. The van der Waals surface area contributed by atoms with E-state index in [0.717, 1.165) is 34.4 Å². The largest absolute Gasteiger partial charge is 0.462 e. The number of rotatable bonds is 2. The normalized spacial score (nSPS) is 14.1. The zero-order valence-electron chi connectivity index (χ0n) is 11.2. The van der Waals surface area contributed by atoms with Gasteiger partial charge >= 0.3 is 5.97 Å². The molecule has 0 radical (unpaired) electrons. The molecule has 0 unspecified atom stereocenters. The van der Waals surface area contributed by atoms with E-state index in [1.165, 1.54) is 0 Å². The minimum Gasteiger partial charge on any atom is -0.462 e. The number of thioether (sulfide) groups is 1. The van der Waals surface area contributed by atoms with Crippen LogP contribution in [0.3, 0.4) is 0 Å². The van der Waals surface area contributed by atoms with Gasteiger partial charge in [0.1, 0.15) is 0 Å². The number of ether oxygens (including phenoxy) is 1. The summed E-state index contributed by atoms with van der Waals surface area (Å²) in [5.41, 5.74) is 2.86. The number of aromatic amines is 1. The summed E-state index contributed by atoms with van der Waals surface area (Å²) in [6, 6.07) is 5.50. The zero-order chi connectivity index (χ0) is 14.1. The molecular weight excluding hydrogens is 274 g/mol. The standard InChI is InChI=1S/C15H15NO3S/c1-2-19-15(18)11-5-3-4-10-9-6-7-20-8-12(9)14(17)16-13(10)11/h3-5H,2,6-8H2,1H3,(H,16,17). The Morgan fingerprint density at radius 1 is 1.40 bits per heavy atom. The van der Waals surface area contributed by atoms with Crippen molar-refractivity contribution in [3.8, 4) is 0 Å². The first-order valence-electron chi connectivity index (χ1n) is 6.64. The number of para-hydroxylation sites is 1. The molecule has 1 aliphatic heterocycles. The molecule has 0 saturated heterocycles. The second kappa shape index (κ2) is 5.32. The Morgan fingerprint density at radius 3 is 3.05 bits per heavy atom. The van der Waals surface area contributed by atoms with Gasteiger partial charge in [-0.05, 0) is 30.7 Å². The predicted octanol–water partition coefficient (Wildman–Crippen LogP) is 2.49. The third-order valence-electron chi connectivity index (χ3n) is 3.50. The maximum atomic E-state index is 12.2. The number of aryl methyl sites for hydroxylation is 1. The summed E-state index contributed by atoms with van der Waals surface area (Å²) in [7, 11) is 0. The lowest BCUT2D eigenvalue weighted by Gasteiger charge is -2.17. The molecule has 1 N–H and O–H groups in total. The summed E-state index contributed by atoms with van der Waals surface area (Å²) >= 11 is 1.77. The highest BCUT2D eigenvalue weighted by atomic mass is 32.2. The Kier molecular flexibility index (Phi) is 3.53. The Bertz CT molecular complexity index is 736. The van der Waals surface area contributed by atoms with Gasteiger partial charge in [-0.2, -0.15) is 11.8 Å². The van der Waals surface area contributed by atoms with Crippen LogP contribution in [0.4, 0.5) is 0 Å². The number of H-pyrrole nitrogens is 1. The summed E-state index contributed by atoms with van der Waals surface area (Å²) in [4.78, 5) is 27.0. The van der Waals surface area contributed by atoms with E-state index in [0.29, 0.717) is 17.7 Å². The molecule has 0 aliphatic carbocycles. The van der Waals surface area contributed by atoms with Crippen molar-refractivity contribution in [2.75, 3.05) is 12.4 Å². The minimum atomic E-state index is -0.390. The monoisotopic (exact) mass is 289 g/mol. The number of hydrogen-bond donors (Lipinski definition) is 1. The maximum Gasteiger partial charge on any atom is 0.340 e. The first-order chi connectivity index (χ1) is 9.72. The van der Waals surface area contributed by atoms with E-state index in [2.05, 4.69) is 4.98 Å². The van der Waals surface area contributed by atoms with Crippen molar-refractivity contribution in [2.45, 2.75) is 19.1 Å². The highest BCUT2D eigenvalue weighted by molar-refractivity contribution is 7.98. The first-order valence-corrected chi connectivity index (χ1v) is 7.79. The molecule has 0 saturated carbocycles. The molecule has 0 bridgehead atoms. The van der Waals surface area contributed by atoms with Gasteiger partial charge in [-0.3, -0.25) is 4.79 Å². The SMILES string of the molecule is CCOC(=O)c1cccc2c3c(c(=O)[nH]c12)CSCC3. The van der Waals surface area contributed by atoms with Gasteiger partial charge in [0.15, 0.2) is 0 Å². The fourth-order valence-electron chi connectivity index (χ4n) is 2.59. The smallest absolute Gasteiger partial charge is 0.340 e. The lowest BCUT2D eigenvalue weighted by molar-refractivity contribution is 0.0528. The van der Waals surface area contributed by atoms with E-state index >= 15 is 0 Å². The number of fused-ring (bicyclic) bond motifs is 3. The molecule has 0 fully saturated rings. The third kappa shape index (κ3) is 2.12. The third-order valence-corrected chi connectivity index (χ3v) is 4.49. The van der Waals surface area contributed by atoms with Crippen LogP contribution in [-0.2, 0) is 16.9 Å². The van der Waals surface area contributed by atoms with Gasteiger partial charge in [-0.25, -0.2) is 4.79 Å². The highest BCUT2D eigenvalue weighted by Crippen LogP contribution is 2.28. The van der Waals surface area contributed by atoms with Crippen LogP contribution in [0, 0.1) is 0 Å². The van der Waals surface area contributed by atoms with Crippen molar-refractivity contribution < 1.29 is 9.53 Å². The van der Waals surface area contributed by atoms with Crippen LogP contribution in [0.25, 0.3) is 10.9 Å². The molecule has 0 atom stereocenters. The van der Waals surface area contributed by atoms with E-state index in [4.69, 9.17) is 4.74 Å². The molecule has 4 nitrogen and oxygen atoms in total. The van der Waals surface area contributed by atoms with E-state index in [1.807, 2.05) is 12.1 Å². The van der Waals surface area contributed by atoms with Gasteiger partial charge in [-0.1, -0.05) is 12.1 Å². The number of benzene rings is 1. The maximum absolute atomic E-state index is 12.2. The van der Waals surface area contributed by atoms with Crippen LogP contribution >= 0.6 is 11.8 Å². The number of hydrogen-bond acceptors (Lipinski definition) is 4. The summed E-state index contributed by atoms with van der Waals surface area (Å²) in [6.07, 6.45) is 0.868. The van der Waals surface area contributed by atoms with Crippen molar-refractivity contribution >= 4 is 28.6 Å². The molecule has 20 heavy (non-hydrogen) atoms. The molecule has 1 aliphatic rings. The zero-order valence-corrected chi connectivity index (χ0v) is 12.0. The quantitative estimate of drug-likeness (QED) is 0.863. The molecule has 5 heteroatoms. The van der Waals surface area contributed by atoms with Gasteiger partial charge < -0.3 is 9.72 Å². The molecule has 2 heterocycles. The first kappa shape index (κ1) is 13.2. The fraction of sp³-hybridized carbons (Fsp3) is 0.333. The Morgan fingerprint density at radius 2 is 2.25 bits per heavy atom. The highest BCUT2D eigenvalue weighted by Gasteiger charge is 2.20. The van der Waals surface area contributed by atoms with E-state index in [9.17, 15) is 9.59 Å². The van der Waals surface area contributed by atoms with Gasteiger partial charge in [0.05, 0.1) is 17.7 Å². The molecule has 1 aromatic carbocycles. The second-order valence-electron chi connectivity index (χ2n) is 4.66. The summed E-state index contributed by atoms with van der Waals surface area (Å²) in [5.74, 6) is 1.36. The molecule has 104 valence electrons. The van der Waals surface area contributed by atoms with Crippen molar-refractivity contribution in [2.24, 2.45) is 0 Å². The van der Waals surface area contributed by atoms with Crippen molar-refractivity contribution in [3.63, 3.8) is 0 Å². The van der Waals surface area contributed by atoms with Crippen molar-refractivity contribution in [1.29, 1.82) is 0 Å². The Balaban J connectivity index is 2.28. The van der Waals surface area contributed by atoms with Crippen LogP contribution < -0.4 is 5.56 Å². The average molecular weight is 289 g/mol. The molecule has 0 amide bonds. The van der Waals surface area contributed by atoms with Gasteiger partial charge in [0.25, 0.3) is 5.56 Å². The van der Waals surface area contributed by atoms with Crippen LogP contribution in [0.15, 0.2) is 23.0 Å². The molecular formula is C15H15NO3S. The molecule has 0 spiro atoms. The van der Waals surface area contributed by atoms with E-state index in [1.54, 1.807) is 24.8 Å². The van der Waals surface area contributed by atoms with Crippen LogP contribution in [0.1, 0.15) is 28.4 Å². The van der Waals surface area contributed by atoms with Crippen molar-refractivity contribution in [1.82, 2.24) is 4.98 Å². The molecule has 1 aromatic heterocycles. The van der Waals surface area contributed by atoms with Crippen LogP contribution in [0.5, 0.6) is 0 Å². The number of aromatic nitrogens is 1. The van der Waals surface area contributed by atoms with E-state index in [-0.39, 0.29) is 11.5 Å². The number of carbonyl (C=O) groups is 1. The van der Waals surface area contributed by atoms with Gasteiger partial charge in [-0.15, -0.1) is 0 Å². The van der Waals surface area contributed by atoms with E-state index < -0.39 is 0 Å². The second-order valence-corrected chi connectivity index (χ2v) is 5.77. The minimum absolute atomic E-state index is 0.0866. The summed E-state index contributed by atoms with van der Waals surface area (Å²) in [5, 5.41) is 0.963. The summed E-state index contributed by atoms with van der Waals surface area (Å²) in [6.45, 7) is 2.09.